The van der Waals surface area contributed by atoms with Crippen molar-refractivity contribution in [1.29, 1.82) is 0 Å². The predicted octanol–water partition coefficient (Wildman–Crippen LogP) is 4.56. The number of nitrogens with one attached hydrogen (secondary N) is 1. The molecular formula is C17H12BrNO2. The summed E-state index contributed by atoms with van der Waals surface area (Å²) in [5.41, 5.74) is 0.964. The number of amides is 1. The van der Waals surface area contributed by atoms with E-state index in [1.165, 1.54) is 6.07 Å². The Hall–Kier alpha value is -2.33. The van der Waals surface area contributed by atoms with Crippen molar-refractivity contribution in [3.05, 3.63) is 70.7 Å². The number of rotatable bonds is 2. The lowest BCUT2D eigenvalue weighted by Crippen LogP contribution is -2.12. The molecular weight excluding hydrogens is 330 g/mol. The van der Waals surface area contributed by atoms with Crippen molar-refractivity contribution in [3.8, 4) is 5.75 Å². The predicted molar refractivity (Wildman–Crippen MR) is 87.7 cm³/mol. The first-order valence-corrected chi connectivity index (χ1v) is 7.22. The van der Waals surface area contributed by atoms with Gasteiger partial charge in [0.05, 0.1) is 5.56 Å². The maximum absolute atomic E-state index is 12.3. The number of halogens is 1. The number of phenolic OH excluding ortho intramolecular Hbond substituents is 1. The van der Waals surface area contributed by atoms with Crippen LogP contribution in [-0.4, -0.2) is 11.0 Å². The zero-order valence-corrected chi connectivity index (χ0v) is 12.6. The SMILES string of the molecule is O=C(Nc1cccc2ccccc12)c1ccc(Br)cc1O. The van der Waals surface area contributed by atoms with Crippen molar-refractivity contribution in [2.24, 2.45) is 0 Å². The van der Waals surface area contributed by atoms with E-state index >= 15 is 0 Å². The number of hydrogen-bond donors (Lipinski definition) is 2. The Morgan fingerprint density at radius 3 is 2.57 bits per heavy atom. The summed E-state index contributed by atoms with van der Waals surface area (Å²) in [5.74, 6) is -0.390. The van der Waals surface area contributed by atoms with E-state index in [1.54, 1.807) is 12.1 Å². The second-order valence-corrected chi connectivity index (χ2v) is 5.56. The largest absolute Gasteiger partial charge is 0.507 e. The minimum absolute atomic E-state index is 0.0536. The fourth-order valence-corrected chi connectivity index (χ4v) is 2.57. The third-order valence-electron chi connectivity index (χ3n) is 3.24. The Morgan fingerprint density at radius 1 is 1.00 bits per heavy atom. The van der Waals surface area contributed by atoms with E-state index in [-0.39, 0.29) is 17.2 Å². The zero-order valence-electron chi connectivity index (χ0n) is 11.0. The van der Waals surface area contributed by atoms with Crippen molar-refractivity contribution in [1.82, 2.24) is 0 Å². The second kappa shape index (κ2) is 5.58. The molecule has 0 spiro atoms. The summed E-state index contributed by atoms with van der Waals surface area (Å²) in [6, 6.07) is 18.3. The van der Waals surface area contributed by atoms with Gasteiger partial charge in [0.2, 0.25) is 0 Å². The molecule has 0 aliphatic carbocycles. The molecule has 0 aromatic heterocycles. The highest BCUT2D eigenvalue weighted by Crippen LogP contribution is 2.26. The van der Waals surface area contributed by atoms with Gasteiger partial charge in [-0.3, -0.25) is 4.79 Å². The summed E-state index contributed by atoms with van der Waals surface area (Å²) >= 11 is 3.25. The monoisotopic (exact) mass is 341 g/mol. The molecule has 0 aliphatic rings. The van der Waals surface area contributed by atoms with Gasteiger partial charge in [0, 0.05) is 15.5 Å². The smallest absolute Gasteiger partial charge is 0.259 e. The molecule has 3 aromatic carbocycles. The van der Waals surface area contributed by atoms with Gasteiger partial charge in [0.15, 0.2) is 0 Å². The van der Waals surface area contributed by atoms with Gasteiger partial charge in [0.25, 0.3) is 5.91 Å². The Morgan fingerprint density at radius 2 is 1.76 bits per heavy atom. The third kappa shape index (κ3) is 2.76. The van der Waals surface area contributed by atoms with Gasteiger partial charge >= 0.3 is 0 Å². The summed E-state index contributed by atoms with van der Waals surface area (Å²) in [5, 5.41) is 14.7. The van der Waals surface area contributed by atoms with Crippen LogP contribution in [-0.2, 0) is 0 Å². The van der Waals surface area contributed by atoms with Gasteiger partial charge in [-0.1, -0.05) is 52.3 Å². The number of fused-ring (bicyclic) bond motifs is 1. The number of benzene rings is 3. The van der Waals surface area contributed by atoms with Gasteiger partial charge in [-0.05, 0) is 29.7 Å². The number of phenols is 1. The lowest BCUT2D eigenvalue weighted by Gasteiger charge is -2.10. The molecule has 21 heavy (non-hydrogen) atoms. The number of anilines is 1. The minimum Gasteiger partial charge on any atom is -0.507 e. The molecule has 0 atom stereocenters. The van der Waals surface area contributed by atoms with Crippen LogP contribution in [0, 0.1) is 0 Å². The van der Waals surface area contributed by atoms with Gasteiger partial charge in [-0.15, -0.1) is 0 Å². The van der Waals surface area contributed by atoms with E-state index in [4.69, 9.17) is 0 Å². The third-order valence-corrected chi connectivity index (χ3v) is 3.74. The van der Waals surface area contributed by atoms with Crippen LogP contribution in [0.1, 0.15) is 10.4 Å². The summed E-state index contributed by atoms with van der Waals surface area (Å²) in [6.07, 6.45) is 0. The molecule has 0 saturated carbocycles. The first kappa shape index (κ1) is 13.6. The van der Waals surface area contributed by atoms with Crippen molar-refractivity contribution < 1.29 is 9.90 Å². The molecule has 2 N–H and O–H groups in total. The lowest BCUT2D eigenvalue weighted by atomic mass is 10.1. The maximum atomic E-state index is 12.3. The van der Waals surface area contributed by atoms with Crippen LogP contribution in [0.25, 0.3) is 10.8 Å². The molecule has 1 amide bonds. The maximum Gasteiger partial charge on any atom is 0.259 e. The molecule has 104 valence electrons. The highest BCUT2D eigenvalue weighted by Gasteiger charge is 2.12. The van der Waals surface area contributed by atoms with Crippen LogP contribution in [0.15, 0.2) is 65.1 Å². The number of aromatic hydroxyl groups is 1. The lowest BCUT2D eigenvalue weighted by molar-refractivity contribution is 0.102. The molecule has 0 radical (unpaired) electrons. The molecule has 0 unspecified atom stereocenters. The summed E-state index contributed by atoms with van der Waals surface area (Å²) in [6.45, 7) is 0. The average molecular weight is 342 g/mol. The normalized spacial score (nSPS) is 10.5. The van der Waals surface area contributed by atoms with E-state index in [0.29, 0.717) is 0 Å². The molecule has 3 rings (SSSR count). The first-order valence-electron chi connectivity index (χ1n) is 6.43. The first-order chi connectivity index (χ1) is 10.1. The highest BCUT2D eigenvalue weighted by atomic mass is 79.9. The highest BCUT2D eigenvalue weighted by molar-refractivity contribution is 9.10. The van der Waals surface area contributed by atoms with E-state index < -0.39 is 0 Å². The number of hydrogen-bond acceptors (Lipinski definition) is 2. The molecule has 3 aromatic rings. The number of carbonyl (C=O) groups excluding carboxylic acids is 1. The Labute approximate surface area is 130 Å². The van der Waals surface area contributed by atoms with E-state index in [9.17, 15) is 9.90 Å². The van der Waals surface area contributed by atoms with Crippen LogP contribution in [0.3, 0.4) is 0 Å². The van der Waals surface area contributed by atoms with Crippen molar-refractivity contribution in [3.63, 3.8) is 0 Å². The molecule has 0 bridgehead atoms. The van der Waals surface area contributed by atoms with E-state index in [2.05, 4.69) is 21.2 Å². The van der Waals surface area contributed by atoms with Crippen molar-refractivity contribution in [2.45, 2.75) is 0 Å². The van der Waals surface area contributed by atoms with Crippen LogP contribution in [0.4, 0.5) is 5.69 Å². The van der Waals surface area contributed by atoms with Crippen molar-refractivity contribution in [2.75, 3.05) is 5.32 Å². The fraction of sp³-hybridized carbons (Fsp3) is 0. The van der Waals surface area contributed by atoms with Gasteiger partial charge in [0.1, 0.15) is 5.75 Å². The zero-order chi connectivity index (χ0) is 14.8. The fourth-order valence-electron chi connectivity index (χ4n) is 2.22. The van der Waals surface area contributed by atoms with Crippen LogP contribution >= 0.6 is 15.9 Å². The number of carbonyl (C=O) groups is 1. The average Bonchev–Trinajstić information content (AvgIpc) is 2.47. The molecule has 0 heterocycles. The van der Waals surface area contributed by atoms with Crippen LogP contribution in [0.2, 0.25) is 0 Å². The summed E-state index contributed by atoms with van der Waals surface area (Å²) in [7, 11) is 0. The van der Waals surface area contributed by atoms with Crippen molar-refractivity contribution >= 4 is 38.3 Å². The van der Waals surface area contributed by atoms with Crippen LogP contribution < -0.4 is 5.32 Å². The van der Waals surface area contributed by atoms with Gasteiger partial charge in [-0.2, -0.15) is 0 Å². The van der Waals surface area contributed by atoms with E-state index in [1.807, 2.05) is 42.5 Å². The summed E-state index contributed by atoms with van der Waals surface area (Å²) < 4.78 is 0.724. The second-order valence-electron chi connectivity index (χ2n) is 4.64. The Kier molecular flexibility index (Phi) is 3.62. The topological polar surface area (TPSA) is 49.3 Å². The van der Waals surface area contributed by atoms with Gasteiger partial charge in [-0.25, -0.2) is 0 Å². The molecule has 0 fully saturated rings. The summed E-state index contributed by atoms with van der Waals surface area (Å²) in [4.78, 5) is 12.3. The van der Waals surface area contributed by atoms with Crippen LogP contribution in [0.5, 0.6) is 5.75 Å². The minimum atomic E-state index is -0.337. The Balaban J connectivity index is 1.97. The molecule has 0 saturated heterocycles. The Bertz CT molecular complexity index is 825. The molecule has 4 heteroatoms. The standard InChI is InChI=1S/C17H12BrNO2/c18-12-8-9-14(16(20)10-12)17(21)19-15-7-3-5-11-4-1-2-6-13(11)15/h1-10,20H,(H,19,21). The molecule has 0 aliphatic heterocycles. The van der Waals surface area contributed by atoms with Gasteiger partial charge < -0.3 is 10.4 Å². The molecule has 3 nitrogen and oxygen atoms in total. The quantitative estimate of drug-likeness (QED) is 0.717. The van der Waals surface area contributed by atoms with E-state index in [0.717, 1.165) is 20.9 Å².